The van der Waals surface area contributed by atoms with Gasteiger partial charge in [-0.05, 0) is 48.5 Å². The predicted octanol–water partition coefficient (Wildman–Crippen LogP) is 4.69. The van der Waals surface area contributed by atoms with Gasteiger partial charge in [-0.25, -0.2) is 5.01 Å². The number of phenolic OH excluding ortho intramolecular Hbond substituents is 1. The molecule has 2 aliphatic heterocycles. The van der Waals surface area contributed by atoms with E-state index < -0.39 is 0 Å². The van der Waals surface area contributed by atoms with Crippen LogP contribution in [0.15, 0.2) is 66.0 Å². The van der Waals surface area contributed by atoms with E-state index in [4.69, 9.17) is 26.2 Å². The maximum Gasteiger partial charge on any atom is 0.213 e. The first-order chi connectivity index (χ1) is 14.1. The Kier molecular flexibility index (Phi) is 4.28. The Morgan fingerprint density at radius 2 is 1.97 bits per heavy atom. The van der Waals surface area contributed by atoms with E-state index in [-0.39, 0.29) is 18.0 Å². The van der Waals surface area contributed by atoms with Crippen molar-refractivity contribution in [2.45, 2.75) is 18.7 Å². The number of aromatic nitrogens is 1. The van der Waals surface area contributed by atoms with E-state index in [1.807, 2.05) is 41.4 Å². The third-order valence-electron chi connectivity index (χ3n) is 5.26. The molecule has 0 unspecified atom stereocenters. The molecule has 6 nitrogen and oxygen atoms in total. The minimum atomic E-state index is -0.367. The minimum Gasteiger partial charge on any atom is -0.504 e. The third-order valence-corrected chi connectivity index (χ3v) is 5.49. The average Bonchev–Trinajstić information content (AvgIpc) is 3.20. The number of benzene rings is 2. The van der Waals surface area contributed by atoms with Gasteiger partial charge in [-0.3, -0.25) is 4.98 Å². The average molecular weight is 408 g/mol. The molecule has 0 bridgehead atoms. The van der Waals surface area contributed by atoms with Crippen LogP contribution in [0.1, 0.15) is 35.4 Å². The van der Waals surface area contributed by atoms with E-state index in [9.17, 15) is 5.11 Å². The van der Waals surface area contributed by atoms with Crippen molar-refractivity contribution in [1.82, 2.24) is 9.99 Å². The summed E-state index contributed by atoms with van der Waals surface area (Å²) in [6, 6.07) is 14.8. The minimum absolute atomic E-state index is 0.00888. The standard InChI is InChI=1S/C22H18ClN3O3/c1-28-21-10-14(2-4-19(21)27)17-12-18-16-11-15(23)3-5-20(16)29-22(26(18)25-17)13-6-8-24-9-7-13/h2-11,18,22,27H,12H2,1H3/t18-,22+/m0/s1. The Morgan fingerprint density at radius 3 is 2.76 bits per heavy atom. The Hall–Kier alpha value is -3.25. The fourth-order valence-electron chi connectivity index (χ4n) is 3.84. The summed E-state index contributed by atoms with van der Waals surface area (Å²) >= 11 is 6.27. The van der Waals surface area contributed by atoms with Crippen molar-refractivity contribution in [2.75, 3.05) is 7.11 Å². The highest BCUT2D eigenvalue weighted by molar-refractivity contribution is 6.30. The second-order valence-electron chi connectivity index (χ2n) is 6.97. The zero-order valence-electron chi connectivity index (χ0n) is 15.6. The number of methoxy groups -OCH3 is 1. The summed E-state index contributed by atoms with van der Waals surface area (Å²) in [6.07, 6.45) is 3.81. The van der Waals surface area contributed by atoms with Gasteiger partial charge in [0.1, 0.15) is 5.75 Å². The maximum atomic E-state index is 9.92. The molecule has 0 aliphatic carbocycles. The van der Waals surface area contributed by atoms with Gasteiger partial charge in [0, 0.05) is 40.5 Å². The molecule has 2 aliphatic rings. The lowest BCUT2D eigenvalue weighted by atomic mass is 9.96. The van der Waals surface area contributed by atoms with Gasteiger partial charge in [-0.1, -0.05) is 11.6 Å². The van der Waals surface area contributed by atoms with Crippen molar-refractivity contribution in [3.05, 3.63) is 82.6 Å². The lowest BCUT2D eigenvalue weighted by molar-refractivity contribution is -0.0190. The monoisotopic (exact) mass is 407 g/mol. The van der Waals surface area contributed by atoms with Gasteiger partial charge in [0.15, 0.2) is 11.5 Å². The number of rotatable bonds is 3. The van der Waals surface area contributed by atoms with Crippen LogP contribution >= 0.6 is 11.6 Å². The zero-order chi connectivity index (χ0) is 20.0. The SMILES string of the molecule is COc1cc(C2=NN3[C@@H](c4ccncc4)Oc4ccc(Cl)cc4[C@@H]3C2)ccc1O. The Labute approximate surface area is 173 Å². The van der Waals surface area contributed by atoms with Gasteiger partial charge >= 0.3 is 0 Å². The van der Waals surface area contributed by atoms with E-state index in [0.29, 0.717) is 17.2 Å². The first-order valence-corrected chi connectivity index (χ1v) is 9.61. The molecule has 29 heavy (non-hydrogen) atoms. The van der Waals surface area contributed by atoms with E-state index in [0.717, 1.165) is 28.2 Å². The van der Waals surface area contributed by atoms with Crippen LogP contribution in [0.4, 0.5) is 0 Å². The number of nitrogens with zero attached hydrogens (tertiary/aromatic N) is 3. The molecule has 0 saturated heterocycles. The lowest BCUT2D eigenvalue weighted by Crippen LogP contribution is -2.33. The number of ether oxygens (including phenoxy) is 2. The normalized spacial score (nSPS) is 19.8. The zero-order valence-corrected chi connectivity index (χ0v) is 16.4. The fraction of sp³-hybridized carbons (Fsp3) is 0.182. The molecule has 2 atom stereocenters. The summed E-state index contributed by atoms with van der Waals surface area (Å²) in [7, 11) is 1.53. The number of halogens is 1. The molecule has 3 heterocycles. The van der Waals surface area contributed by atoms with Crippen LogP contribution in [0.25, 0.3) is 0 Å². The van der Waals surface area contributed by atoms with E-state index in [2.05, 4.69) is 4.98 Å². The highest BCUT2D eigenvalue weighted by atomic mass is 35.5. The number of pyridine rings is 1. The number of phenols is 1. The van der Waals surface area contributed by atoms with Crippen LogP contribution in [-0.4, -0.2) is 27.9 Å². The predicted molar refractivity (Wildman–Crippen MR) is 109 cm³/mol. The van der Waals surface area contributed by atoms with Crippen LogP contribution in [-0.2, 0) is 0 Å². The third kappa shape index (κ3) is 3.06. The fourth-order valence-corrected chi connectivity index (χ4v) is 4.02. The van der Waals surface area contributed by atoms with Crippen molar-refractivity contribution in [3.63, 3.8) is 0 Å². The summed E-state index contributed by atoms with van der Waals surface area (Å²) in [5, 5.41) is 17.5. The van der Waals surface area contributed by atoms with Crippen molar-refractivity contribution in [1.29, 1.82) is 0 Å². The number of hydrazone groups is 1. The number of aromatic hydroxyl groups is 1. The Bertz CT molecular complexity index is 1100. The highest BCUT2D eigenvalue weighted by Crippen LogP contribution is 2.48. The van der Waals surface area contributed by atoms with Crippen LogP contribution in [0.5, 0.6) is 17.2 Å². The topological polar surface area (TPSA) is 67.2 Å². The van der Waals surface area contributed by atoms with Gasteiger partial charge in [0.25, 0.3) is 0 Å². The lowest BCUT2D eigenvalue weighted by Gasteiger charge is -2.38. The molecule has 1 N–H and O–H groups in total. The van der Waals surface area contributed by atoms with Crippen molar-refractivity contribution < 1.29 is 14.6 Å². The molecule has 0 amide bonds. The van der Waals surface area contributed by atoms with Crippen molar-refractivity contribution in [2.24, 2.45) is 5.10 Å². The largest absolute Gasteiger partial charge is 0.504 e. The van der Waals surface area contributed by atoms with Crippen molar-refractivity contribution in [3.8, 4) is 17.2 Å². The van der Waals surface area contributed by atoms with E-state index >= 15 is 0 Å². The Balaban J connectivity index is 1.60. The van der Waals surface area contributed by atoms with Gasteiger partial charge in [0.2, 0.25) is 6.23 Å². The quantitative estimate of drug-likeness (QED) is 0.682. The van der Waals surface area contributed by atoms with Gasteiger partial charge < -0.3 is 14.6 Å². The van der Waals surface area contributed by atoms with E-state index in [1.54, 1.807) is 24.5 Å². The smallest absolute Gasteiger partial charge is 0.213 e. The molecule has 146 valence electrons. The van der Waals surface area contributed by atoms with Gasteiger partial charge in [-0.15, -0.1) is 0 Å². The second kappa shape index (κ2) is 6.97. The highest BCUT2D eigenvalue weighted by Gasteiger charge is 2.41. The molecule has 0 fully saturated rings. The Morgan fingerprint density at radius 1 is 1.14 bits per heavy atom. The van der Waals surface area contributed by atoms with Crippen LogP contribution < -0.4 is 9.47 Å². The molecule has 2 aromatic carbocycles. The molecule has 0 spiro atoms. The molecule has 3 aromatic rings. The second-order valence-corrected chi connectivity index (χ2v) is 7.40. The summed E-state index contributed by atoms with van der Waals surface area (Å²) in [5.41, 5.74) is 3.76. The van der Waals surface area contributed by atoms with Crippen molar-refractivity contribution >= 4 is 17.3 Å². The molecule has 1 aromatic heterocycles. The first-order valence-electron chi connectivity index (χ1n) is 9.23. The molecule has 5 rings (SSSR count). The van der Waals surface area contributed by atoms with E-state index in [1.165, 1.54) is 7.11 Å². The number of hydrogen-bond donors (Lipinski definition) is 1. The van der Waals surface area contributed by atoms with Crippen LogP contribution in [0.3, 0.4) is 0 Å². The number of fused-ring (bicyclic) bond motifs is 3. The summed E-state index contributed by atoms with van der Waals surface area (Å²) in [4.78, 5) is 4.11. The van der Waals surface area contributed by atoms with Crippen LogP contribution in [0.2, 0.25) is 5.02 Å². The summed E-state index contributed by atoms with van der Waals surface area (Å²) < 4.78 is 11.6. The molecular weight excluding hydrogens is 390 g/mol. The summed E-state index contributed by atoms with van der Waals surface area (Å²) in [6.45, 7) is 0. The molecular formula is C22H18ClN3O3. The van der Waals surface area contributed by atoms with Crippen LogP contribution in [0, 0.1) is 0 Å². The first kappa shape index (κ1) is 17.8. The molecule has 0 radical (unpaired) electrons. The summed E-state index contributed by atoms with van der Waals surface area (Å²) in [5.74, 6) is 1.32. The molecule has 7 heteroatoms. The number of hydrogen-bond acceptors (Lipinski definition) is 6. The van der Waals surface area contributed by atoms with Gasteiger partial charge in [-0.2, -0.15) is 5.10 Å². The maximum absolute atomic E-state index is 9.92. The van der Waals surface area contributed by atoms with Gasteiger partial charge in [0.05, 0.1) is 18.9 Å². The molecule has 0 saturated carbocycles.